The van der Waals surface area contributed by atoms with E-state index in [4.69, 9.17) is 14.2 Å². The van der Waals surface area contributed by atoms with E-state index >= 15 is 0 Å². The Bertz CT molecular complexity index is 974. The Labute approximate surface area is 169 Å². The molecule has 0 aliphatic heterocycles. The van der Waals surface area contributed by atoms with Crippen molar-refractivity contribution in [1.82, 2.24) is 4.98 Å². The van der Waals surface area contributed by atoms with Gasteiger partial charge in [0.2, 0.25) is 0 Å². The van der Waals surface area contributed by atoms with Gasteiger partial charge < -0.3 is 24.8 Å². The lowest BCUT2D eigenvalue weighted by Gasteiger charge is -2.12. The van der Waals surface area contributed by atoms with Crippen molar-refractivity contribution >= 4 is 17.3 Å². The number of pyridine rings is 1. The second-order valence-electron chi connectivity index (χ2n) is 6.15. The molecular weight excluding hydrogens is 370 g/mol. The lowest BCUT2D eigenvalue weighted by Crippen LogP contribution is -2.15. The number of methoxy groups -OCH3 is 3. The van der Waals surface area contributed by atoms with Gasteiger partial charge in [-0.05, 0) is 42.0 Å². The molecule has 0 saturated carbocycles. The lowest BCUT2D eigenvalue weighted by atomic mass is 10.2. The number of amides is 1. The summed E-state index contributed by atoms with van der Waals surface area (Å²) in [7, 11) is 4.74. The first-order valence-electron chi connectivity index (χ1n) is 8.99. The van der Waals surface area contributed by atoms with Crippen molar-refractivity contribution in [1.29, 1.82) is 0 Å². The summed E-state index contributed by atoms with van der Waals surface area (Å²) in [5, 5.41) is 6.11. The third kappa shape index (κ3) is 5.16. The van der Waals surface area contributed by atoms with Crippen LogP contribution in [0.4, 0.5) is 11.4 Å². The standard InChI is InChI=1S/C22H23N3O4/c1-27-17-6-4-15(5-7-17)14-24-16-10-11-23-20(12-16)22(26)25-19-13-18(28-2)8-9-21(19)29-3/h4-13H,14H2,1-3H3,(H,23,24)(H,25,26). The van der Waals surface area contributed by atoms with E-state index in [0.29, 0.717) is 23.7 Å². The van der Waals surface area contributed by atoms with Crippen LogP contribution in [0.1, 0.15) is 16.1 Å². The number of carbonyl (C=O) groups excluding carboxylic acids is 1. The highest BCUT2D eigenvalue weighted by molar-refractivity contribution is 6.04. The van der Waals surface area contributed by atoms with Crippen LogP contribution in [-0.4, -0.2) is 32.2 Å². The smallest absolute Gasteiger partial charge is 0.274 e. The van der Waals surface area contributed by atoms with Gasteiger partial charge in [0.1, 0.15) is 22.9 Å². The molecule has 1 heterocycles. The van der Waals surface area contributed by atoms with Crippen LogP contribution in [0.5, 0.6) is 17.2 Å². The highest BCUT2D eigenvalue weighted by Gasteiger charge is 2.12. The SMILES string of the molecule is COc1ccc(CNc2ccnc(C(=O)Nc3cc(OC)ccc3OC)c2)cc1. The zero-order valence-corrected chi connectivity index (χ0v) is 16.6. The molecule has 29 heavy (non-hydrogen) atoms. The zero-order valence-electron chi connectivity index (χ0n) is 16.6. The zero-order chi connectivity index (χ0) is 20.6. The van der Waals surface area contributed by atoms with Crippen molar-refractivity contribution in [3.05, 3.63) is 72.1 Å². The van der Waals surface area contributed by atoms with E-state index in [0.717, 1.165) is 17.0 Å². The van der Waals surface area contributed by atoms with E-state index in [2.05, 4.69) is 15.6 Å². The minimum atomic E-state index is -0.343. The topological polar surface area (TPSA) is 81.7 Å². The van der Waals surface area contributed by atoms with Gasteiger partial charge in [-0.2, -0.15) is 0 Å². The molecule has 0 fully saturated rings. The number of rotatable bonds is 8. The Balaban J connectivity index is 1.69. The van der Waals surface area contributed by atoms with Gasteiger partial charge in [0.25, 0.3) is 5.91 Å². The van der Waals surface area contributed by atoms with Crippen LogP contribution in [0.2, 0.25) is 0 Å². The molecule has 0 bridgehead atoms. The fourth-order valence-electron chi connectivity index (χ4n) is 2.71. The first-order valence-corrected chi connectivity index (χ1v) is 8.99. The van der Waals surface area contributed by atoms with E-state index in [9.17, 15) is 4.79 Å². The van der Waals surface area contributed by atoms with Gasteiger partial charge in [-0.1, -0.05) is 12.1 Å². The molecule has 3 aromatic rings. The Morgan fingerprint density at radius 1 is 0.897 bits per heavy atom. The number of nitrogens with zero attached hydrogens (tertiary/aromatic N) is 1. The summed E-state index contributed by atoms with van der Waals surface area (Å²) < 4.78 is 15.7. The minimum Gasteiger partial charge on any atom is -0.497 e. The molecule has 1 amide bonds. The van der Waals surface area contributed by atoms with Crippen molar-refractivity contribution in [2.24, 2.45) is 0 Å². The molecular formula is C22H23N3O4. The summed E-state index contributed by atoms with van der Waals surface area (Å²) in [5.41, 5.74) is 2.68. The first-order chi connectivity index (χ1) is 14.1. The summed E-state index contributed by atoms with van der Waals surface area (Å²) in [6.07, 6.45) is 1.59. The molecule has 0 aliphatic rings. The molecule has 7 nitrogen and oxygen atoms in total. The summed E-state index contributed by atoms with van der Waals surface area (Å²) in [6.45, 7) is 0.610. The second kappa shape index (κ2) is 9.45. The average Bonchev–Trinajstić information content (AvgIpc) is 2.78. The van der Waals surface area contributed by atoms with Crippen molar-refractivity contribution in [2.75, 3.05) is 32.0 Å². The number of hydrogen-bond donors (Lipinski definition) is 2. The molecule has 0 radical (unpaired) electrons. The fourth-order valence-corrected chi connectivity index (χ4v) is 2.71. The van der Waals surface area contributed by atoms with Crippen LogP contribution in [0.15, 0.2) is 60.8 Å². The molecule has 0 unspecified atom stereocenters. The number of hydrogen-bond acceptors (Lipinski definition) is 6. The van der Waals surface area contributed by atoms with Crippen LogP contribution < -0.4 is 24.8 Å². The Morgan fingerprint density at radius 2 is 1.62 bits per heavy atom. The van der Waals surface area contributed by atoms with E-state index in [1.54, 1.807) is 51.8 Å². The predicted octanol–water partition coefficient (Wildman–Crippen LogP) is 3.97. The predicted molar refractivity (Wildman–Crippen MR) is 112 cm³/mol. The van der Waals surface area contributed by atoms with Gasteiger partial charge in [-0.15, -0.1) is 0 Å². The van der Waals surface area contributed by atoms with Crippen molar-refractivity contribution < 1.29 is 19.0 Å². The van der Waals surface area contributed by atoms with Gasteiger partial charge in [0, 0.05) is 24.5 Å². The summed E-state index contributed by atoms with van der Waals surface area (Å²) >= 11 is 0. The maximum atomic E-state index is 12.7. The third-order valence-electron chi connectivity index (χ3n) is 4.30. The number of aromatic nitrogens is 1. The van der Waals surface area contributed by atoms with Crippen LogP contribution in [0, 0.1) is 0 Å². The van der Waals surface area contributed by atoms with E-state index in [-0.39, 0.29) is 11.6 Å². The van der Waals surface area contributed by atoms with E-state index < -0.39 is 0 Å². The van der Waals surface area contributed by atoms with Crippen molar-refractivity contribution in [2.45, 2.75) is 6.54 Å². The molecule has 0 saturated heterocycles. The number of ether oxygens (including phenoxy) is 3. The number of carbonyl (C=O) groups is 1. The number of nitrogens with one attached hydrogen (secondary N) is 2. The molecule has 0 atom stereocenters. The van der Waals surface area contributed by atoms with Crippen LogP contribution in [0.3, 0.4) is 0 Å². The quantitative estimate of drug-likeness (QED) is 0.603. The van der Waals surface area contributed by atoms with E-state index in [1.807, 2.05) is 30.3 Å². The van der Waals surface area contributed by atoms with Crippen LogP contribution in [-0.2, 0) is 6.54 Å². The summed E-state index contributed by atoms with van der Waals surface area (Å²) in [5.74, 6) is 1.62. The van der Waals surface area contributed by atoms with E-state index in [1.165, 1.54) is 0 Å². The Kier molecular flexibility index (Phi) is 6.52. The fraction of sp³-hybridized carbons (Fsp3) is 0.182. The Morgan fingerprint density at radius 3 is 2.31 bits per heavy atom. The number of anilines is 2. The maximum absolute atomic E-state index is 12.7. The van der Waals surface area contributed by atoms with Gasteiger partial charge in [-0.25, -0.2) is 0 Å². The summed E-state index contributed by atoms with van der Waals surface area (Å²) in [6, 6.07) is 16.5. The molecule has 0 spiro atoms. The minimum absolute atomic E-state index is 0.287. The highest BCUT2D eigenvalue weighted by Crippen LogP contribution is 2.29. The normalized spacial score (nSPS) is 10.2. The molecule has 2 N–H and O–H groups in total. The molecule has 2 aromatic carbocycles. The monoisotopic (exact) mass is 393 g/mol. The second-order valence-corrected chi connectivity index (χ2v) is 6.15. The maximum Gasteiger partial charge on any atom is 0.274 e. The molecule has 3 rings (SSSR count). The third-order valence-corrected chi connectivity index (χ3v) is 4.30. The molecule has 150 valence electrons. The van der Waals surface area contributed by atoms with Crippen LogP contribution in [0.25, 0.3) is 0 Å². The first kappa shape index (κ1) is 20.0. The van der Waals surface area contributed by atoms with Gasteiger partial charge >= 0.3 is 0 Å². The molecule has 7 heteroatoms. The summed E-state index contributed by atoms with van der Waals surface area (Å²) in [4.78, 5) is 16.8. The van der Waals surface area contributed by atoms with Gasteiger partial charge in [0.05, 0.1) is 27.0 Å². The lowest BCUT2D eigenvalue weighted by molar-refractivity contribution is 0.102. The average molecular weight is 393 g/mol. The molecule has 0 aliphatic carbocycles. The largest absolute Gasteiger partial charge is 0.497 e. The molecule has 1 aromatic heterocycles. The Hall–Kier alpha value is -3.74. The van der Waals surface area contributed by atoms with Gasteiger partial charge in [0.15, 0.2) is 0 Å². The number of benzene rings is 2. The van der Waals surface area contributed by atoms with Crippen LogP contribution >= 0.6 is 0 Å². The highest BCUT2D eigenvalue weighted by atomic mass is 16.5. The van der Waals surface area contributed by atoms with Crippen molar-refractivity contribution in [3.8, 4) is 17.2 Å². The van der Waals surface area contributed by atoms with Crippen molar-refractivity contribution in [3.63, 3.8) is 0 Å². The van der Waals surface area contributed by atoms with Gasteiger partial charge in [-0.3, -0.25) is 9.78 Å².